The van der Waals surface area contributed by atoms with E-state index in [4.69, 9.17) is 9.72 Å². The highest BCUT2D eigenvalue weighted by atomic mass is 16.5. The van der Waals surface area contributed by atoms with Crippen molar-refractivity contribution in [3.05, 3.63) is 18.1 Å². The number of hydrogen-bond acceptors (Lipinski definition) is 5. The molecule has 19 heavy (non-hydrogen) atoms. The van der Waals surface area contributed by atoms with Crippen molar-refractivity contribution in [1.82, 2.24) is 15.3 Å². The van der Waals surface area contributed by atoms with Crippen LogP contribution in [0.3, 0.4) is 0 Å². The molecule has 1 saturated carbocycles. The predicted molar refractivity (Wildman–Crippen MR) is 74.1 cm³/mol. The molecule has 5 nitrogen and oxygen atoms in total. The van der Waals surface area contributed by atoms with Crippen LogP contribution in [0.4, 0.5) is 5.82 Å². The van der Waals surface area contributed by atoms with E-state index < -0.39 is 0 Å². The smallest absolute Gasteiger partial charge is 0.147 e. The van der Waals surface area contributed by atoms with E-state index in [1.54, 1.807) is 7.11 Å². The molecule has 1 N–H and O–H groups in total. The predicted octanol–water partition coefficient (Wildman–Crippen LogP) is 1.20. The molecule has 5 heteroatoms. The molecule has 0 spiro atoms. The third-order valence-corrected chi connectivity index (χ3v) is 3.83. The molecule has 1 aromatic heterocycles. The maximum Gasteiger partial charge on any atom is 0.147 e. The summed E-state index contributed by atoms with van der Waals surface area (Å²) in [6, 6.07) is 0.711. The van der Waals surface area contributed by atoms with Gasteiger partial charge in [-0.25, -0.2) is 4.98 Å². The third kappa shape index (κ3) is 3.42. The Bertz CT molecular complexity index is 422. The van der Waals surface area contributed by atoms with Gasteiger partial charge in [-0.3, -0.25) is 4.98 Å². The molecule has 1 aromatic rings. The Balaban J connectivity index is 1.59. The maximum atomic E-state index is 5.23. The lowest BCUT2D eigenvalue weighted by atomic mass is 10.1. The van der Waals surface area contributed by atoms with Gasteiger partial charge in [0.05, 0.1) is 18.5 Å². The van der Waals surface area contributed by atoms with Crippen LogP contribution < -0.4 is 10.2 Å². The number of hydrogen-bond donors (Lipinski definition) is 1. The molecule has 3 rings (SSSR count). The fraction of sp³-hybridized carbons (Fsp3) is 0.714. The number of aromatic nitrogens is 2. The molecular formula is C14H22N4O. The number of rotatable bonds is 6. The van der Waals surface area contributed by atoms with E-state index in [-0.39, 0.29) is 0 Å². The van der Waals surface area contributed by atoms with Crippen molar-refractivity contribution in [2.24, 2.45) is 5.92 Å². The summed E-state index contributed by atoms with van der Waals surface area (Å²) in [5.74, 6) is 1.63. The van der Waals surface area contributed by atoms with E-state index in [9.17, 15) is 0 Å². The largest absolute Gasteiger partial charge is 0.384 e. The van der Waals surface area contributed by atoms with E-state index in [0.29, 0.717) is 12.0 Å². The summed E-state index contributed by atoms with van der Waals surface area (Å²) in [6.07, 6.45) is 7.52. The fourth-order valence-electron chi connectivity index (χ4n) is 2.58. The minimum Gasteiger partial charge on any atom is -0.384 e. The Kier molecular flexibility index (Phi) is 3.94. The molecule has 0 amide bonds. The van der Waals surface area contributed by atoms with Crippen molar-refractivity contribution in [3.8, 4) is 0 Å². The van der Waals surface area contributed by atoms with E-state index in [2.05, 4.69) is 15.2 Å². The lowest BCUT2D eigenvalue weighted by molar-refractivity contribution is 0.161. The van der Waals surface area contributed by atoms with Crippen LogP contribution in [-0.2, 0) is 11.3 Å². The van der Waals surface area contributed by atoms with E-state index >= 15 is 0 Å². The molecule has 2 heterocycles. The standard InChI is InChI=1S/C14H22N4O/c1-19-10-11-4-5-18(9-11)14-8-15-6-13(17-14)7-16-12-2-3-12/h6,8,11-12,16H,2-5,7,9-10H2,1H3. The maximum absolute atomic E-state index is 5.23. The quantitative estimate of drug-likeness (QED) is 0.835. The van der Waals surface area contributed by atoms with Gasteiger partial charge in [0, 0.05) is 44.9 Å². The van der Waals surface area contributed by atoms with Gasteiger partial charge in [0.15, 0.2) is 0 Å². The van der Waals surface area contributed by atoms with Gasteiger partial charge in [-0.1, -0.05) is 0 Å². The van der Waals surface area contributed by atoms with Crippen LogP contribution in [0.25, 0.3) is 0 Å². The van der Waals surface area contributed by atoms with Crippen LogP contribution in [0, 0.1) is 5.92 Å². The highest BCUT2D eigenvalue weighted by molar-refractivity contribution is 5.37. The number of nitrogens with one attached hydrogen (secondary N) is 1. The second-order valence-corrected chi connectivity index (χ2v) is 5.58. The highest BCUT2D eigenvalue weighted by Crippen LogP contribution is 2.22. The summed E-state index contributed by atoms with van der Waals surface area (Å²) in [5, 5.41) is 3.48. The minimum absolute atomic E-state index is 0.625. The van der Waals surface area contributed by atoms with Crippen molar-refractivity contribution in [2.75, 3.05) is 31.7 Å². The molecule has 1 unspecified atom stereocenters. The second kappa shape index (κ2) is 5.84. The Morgan fingerprint density at radius 1 is 1.37 bits per heavy atom. The molecule has 0 radical (unpaired) electrons. The first-order chi connectivity index (χ1) is 9.35. The summed E-state index contributed by atoms with van der Waals surface area (Å²) in [6.45, 7) is 3.76. The molecule has 1 aliphatic heterocycles. The van der Waals surface area contributed by atoms with Crippen LogP contribution in [0.2, 0.25) is 0 Å². The first-order valence-electron chi connectivity index (χ1n) is 7.13. The van der Waals surface area contributed by atoms with Gasteiger partial charge in [0.1, 0.15) is 5.82 Å². The molecular weight excluding hydrogens is 240 g/mol. The monoisotopic (exact) mass is 262 g/mol. The summed E-state index contributed by atoms with van der Waals surface area (Å²) in [5.41, 5.74) is 1.04. The zero-order valence-corrected chi connectivity index (χ0v) is 11.5. The number of anilines is 1. The Morgan fingerprint density at radius 2 is 2.26 bits per heavy atom. The molecule has 2 fully saturated rings. The average Bonchev–Trinajstić information content (AvgIpc) is 3.15. The van der Waals surface area contributed by atoms with Crippen LogP contribution in [0.1, 0.15) is 25.0 Å². The van der Waals surface area contributed by atoms with E-state index in [0.717, 1.165) is 37.8 Å². The minimum atomic E-state index is 0.625. The van der Waals surface area contributed by atoms with Crippen molar-refractivity contribution in [1.29, 1.82) is 0 Å². The molecule has 0 bridgehead atoms. The lowest BCUT2D eigenvalue weighted by Crippen LogP contribution is -2.23. The molecule has 2 aliphatic rings. The first kappa shape index (κ1) is 12.8. The highest BCUT2D eigenvalue weighted by Gasteiger charge is 2.24. The molecule has 1 atom stereocenters. The average molecular weight is 262 g/mol. The van der Waals surface area contributed by atoms with Crippen molar-refractivity contribution in [2.45, 2.75) is 31.8 Å². The van der Waals surface area contributed by atoms with Gasteiger partial charge in [-0.15, -0.1) is 0 Å². The lowest BCUT2D eigenvalue weighted by Gasteiger charge is -2.17. The summed E-state index contributed by atoms with van der Waals surface area (Å²) < 4.78 is 5.23. The SMILES string of the molecule is COCC1CCN(c2cncc(CNC3CC3)n2)C1. The molecule has 0 aromatic carbocycles. The van der Waals surface area contributed by atoms with Crippen LogP contribution in [0.5, 0.6) is 0 Å². The van der Waals surface area contributed by atoms with Gasteiger partial charge >= 0.3 is 0 Å². The second-order valence-electron chi connectivity index (χ2n) is 5.58. The zero-order valence-electron chi connectivity index (χ0n) is 11.5. The fourth-order valence-corrected chi connectivity index (χ4v) is 2.58. The Labute approximate surface area is 114 Å². The van der Waals surface area contributed by atoms with Crippen LogP contribution in [-0.4, -0.2) is 42.8 Å². The number of ether oxygens (including phenoxy) is 1. The van der Waals surface area contributed by atoms with Gasteiger partial charge in [-0.05, 0) is 19.3 Å². The molecule has 104 valence electrons. The van der Waals surface area contributed by atoms with E-state index in [1.165, 1.54) is 19.3 Å². The van der Waals surface area contributed by atoms with Crippen molar-refractivity contribution in [3.63, 3.8) is 0 Å². The van der Waals surface area contributed by atoms with Gasteiger partial charge in [0.2, 0.25) is 0 Å². The third-order valence-electron chi connectivity index (χ3n) is 3.83. The first-order valence-corrected chi connectivity index (χ1v) is 7.13. The summed E-state index contributed by atoms with van der Waals surface area (Å²) >= 11 is 0. The van der Waals surface area contributed by atoms with Gasteiger partial charge < -0.3 is 15.0 Å². The summed E-state index contributed by atoms with van der Waals surface area (Å²) in [4.78, 5) is 11.3. The molecule has 1 saturated heterocycles. The Hall–Kier alpha value is -1.20. The zero-order chi connectivity index (χ0) is 13.1. The van der Waals surface area contributed by atoms with E-state index in [1.807, 2.05) is 12.4 Å². The summed E-state index contributed by atoms with van der Waals surface area (Å²) in [7, 11) is 1.77. The normalized spacial score (nSPS) is 23.0. The molecule has 1 aliphatic carbocycles. The number of nitrogens with zero attached hydrogens (tertiary/aromatic N) is 3. The van der Waals surface area contributed by atoms with Crippen molar-refractivity contribution >= 4 is 5.82 Å². The van der Waals surface area contributed by atoms with Crippen molar-refractivity contribution < 1.29 is 4.74 Å². The van der Waals surface area contributed by atoms with Crippen LogP contribution in [0.15, 0.2) is 12.4 Å². The number of methoxy groups -OCH3 is 1. The van der Waals surface area contributed by atoms with Gasteiger partial charge in [-0.2, -0.15) is 0 Å². The van der Waals surface area contributed by atoms with Crippen LogP contribution >= 0.6 is 0 Å². The van der Waals surface area contributed by atoms with Gasteiger partial charge in [0.25, 0.3) is 0 Å². The Morgan fingerprint density at radius 3 is 3.05 bits per heavy atom. The topological polar surface area (TPSA) is 50.3 Å².